The van der Waals surface area contributed by atoms with Gasteiger partial charge in [0.25, 0.3) is 0 Å². The van der Waals surface area contributed by atoms with Gasteiger partial charge in [-0.15, -0.1) is 0 Å². The Morgan fingerprint density at radius 1 is 1.05 bits per heavy atom. The van der Waals surface area contributed by atoms with Crippen LogP contribution < -0.4 is 4.74 Å². The zero-order valence-corrected chi connectivity index (χ0v) is 12.2. The lowest BCUT2D eigenvalue weighted by atomic mass is 10.2. The van der Waals surface area contributed by atoms with E-state index in [-0.39, 0.29) is 18.1 Å². The molecule has 108 valence electrons. The van der Waals surface area contributed by atoms with Crippen LogP contribution in [0.4, 0.5) is 0 Å². The van der Waals surface area contributed by atoms with E-state index in [1.165, 1.54) is 0 Å². The van der Waals surface area contributed by atoms with Crippen molar-refractivity contribution in [1.82, 2.24) is 0 Å². The zero-order valence-electron chi connectivity index (χ0n) is 11.4. The van der Waals surface area contributed by atoms with Crippen LogP contribution in [-0.4, -0.2) is 20.8 Å². The molecule has 0 spiro atoms. The molecule has 0 aliphatic rings. The van der Waals surface area contributed by atoms with Gasteiger partial charge in [-0.25, -0.2) is 8.42 Å². The predicted molar refractivity (Wildman–Crippen MR) is 80.6 cm³/mol. The topological polar surface area (TPSA) is 67.2 Å². The Hall–Kier alpha value is -2.32. The van der Waals surface area contributed by atoms with Crippen LogP contribution in [0.3, 0.4) is 0 Å². The fraction of sp³-hybridized carbons (Fsp3) is 0.188. The van der Waals surface area contributed by atoms with Gasteiger partial charge in [0.05, 0.1) is 23.1 Å². The Morgan fingerprint density at radius 2 is 1.81 bits per heavy atom. The lowest BCUT2D eigenvalue weighted by Crippen LogP contribution is -2.15. The first-order chi connectivity index (χ1) is 10.1. The molecule has 2 aromatic rings. The van der Waals surface area contributed by atoms with Crippen LogP contribution in [0.5, 0.6) is 5.75 Å². The molecule has 0 radical (unpaired) electrons. The summed E-state index contributed by atoms with van der Waals surface area (Å²) in [4.78, 5) is 0. The Morgan fingerprint density at radius 3 is 2.52 bits per heavy atom. The van der Waals surface area contributed by atoms with Crippen LogP contribution in [0.15, 0.2) is 54.6 Å². The van der Waals surface area contributed by atoms with E-state index in [0.29, 0.717) is 11.3 Å². The van der Waals surface area contributed by atoms with Crippen LogP contribution >= 0.6 is 0 Å². The highest BCUT2D eigenvalue weighted by Gasteiger charge is 2.12. The first-order valence-electron chi connectivity index (χ1n) is 6.46. The van der Waals surface area contributed by atoms with Gasteiger partial charge in [-0.1, -0.05) is 36.4 Å². The Labute approximate surface area is 124 Å². The third-order valence-corrected chi connectivity index (χ3v) is 4.42. The maximum Gasteiger partial charge on any atom is 0.157 e. The molecular formula is C16H15NO3S. The number of nitriles is 1. The van der Waals surface area contributed by atoms with Gasteiger partial charge in [0.1, 0.15) is 12.4 Å². The lowest BCUT2D eigenvalue weighted by molar-refractivity contribution is 0.340. The molecule has 0 bridgehead atoms. The van der Waals surface area contributed by atoms with Crippen molar-refractivity contribution in [3.63, 3.8) is 0 Å². The van der Waals surface area contributed by atoms with Crippen LogP contribution in [-0.2, 0) is 15.6 Å². The summed E-state index contributed by atoms with van der Waals surface area (Å²) in [7, 11) is -3.21. The van der Waals surface area contributed by atoms with Crippen LogP contribution in [0.2, 0.25) is 0 Å². The number of hydrogen-bond donors (Lipinski definition) is 0. The summed E-state index contributed by atoms with van der Waals surface area (Å²) in [5.74, 6) is 0.456. The Balaban J connectivity index is 1.89. The average molecular weight is 301 g/mol. The molecule has 2 aromatic carbocycles. The number of hydrogen-bond acceptors (Lipinski definition) is 4. The molecule has 0 saturated carbocycles. The van der Waals surface area contributed by atoms with Gasteiger partial charge in [-0.3, -0.25) is 0 Å². The first kappa shape index (κ1) is 15.1. The van der Waals surface area contributed by atoms with Gasteiger partial charge in [-0.2, -0.15) is 5.26 Å². The van der Waals surface area contributed by atoms with Gasteiger partial charge in [-0.05, 0) is 23.8 Å². The summed E-state index contributed by atoms with van der Waals surface area (Å²) in [6.45, 7) is 0.0735. The van der Waals surface area contributed by atoms with Crippen molar-refractivity contribution >= 4 is 9.84 Å². The lowest BCUT2D eigenvalue weighted by Gasteiger charge is -2.07. The molecule has 0 fully saturated rings. The molecule has 2 rings (SSSR count). The average Bonchev–Trinajstić information content (AvgIpc) is 2.48. The first-order valence-corrected chi connectivity index (χ1v) is 8.28. The number of rotatable bonds is 6. The standard InChI is InChI=1S/C16H15NO3S/c17-12-15-7-4-8-16(11-15)20-9-10-21(18,19)13-14-5-2-1-3-6-14/h1-8,11H,9-10,13H2. The van der Waals surface area contributed by atoms with E-state index in [4.69, 9.17) is 10.00 Å². The van der Waals surface area contributed by atoms with Gasteiger partial charge >= 0.3 is 0 Å². The third-order valence-electron chi connectivity index (χ3n) is 2.86. The monoisotopic (exact) mass is 301 g/mol. The normalized spacial score (nSPS) is 10.8. The molecule has 0 heterocycles. The summed E-state index contributed by atoms with van der Waals surface area (Å²) >= 11 is 0. The van der Waals surface area contributed by atoms with Crippen molar-refractivity contribution < 1.29 is 13.2 Å². The highest BCUT2D eigenvalue weighted by molar-refractivity contribution is 7.90. The van der Waals surface area contributed by atoms with Crippen molar-refractivity contribution in [2.24, 2.45) is 0 Å². The molecule has 0 aromatic heterocycles. The zero-order chi connectivity index (χ0) is 15.1. The van der Waals surface area contributed by atoms with Gasteiger partial charge in [0, 0.05) is 0 Å². The quantitative estimate of drug-likeness (QED) is 0.822. The SMILES string of the molecule is N#Cc1cccc(OCCS(=O)(=O)Cc2ccccc2)c1. The van der Waals surface area contributed by atoms with Crippen LogP contribution in [0, 0.1) is 11.3 Å². The van der Waals surface area contributed by atoms with Crippen molar-refractivity contribution in [3.05, 3.63) is 65.7 Å². The van der Waals surface area contributed by atoms with Gasteiger partial charge in [0.2, 0.25) is 0 Å². The van der Waals surface area contributed by atoms with Gasteiger partial charge in [0.15, 0.2) is 9.84 Å². The second-order valence-corrected chi connectivity index (χ2v) is 6.75. The van der Waals surface area contributed by atoms with E-state index in [2.05, 4.69) is 0 Å². The summed E-state index contributed by atoms with van der Waals surface area (Å²) in [5.41, 5.74) is 1.25. The van der Waals surface area contributed by atoms with E-state index in [1.54, 1.807) is 36.4 Å². The number of nitrogens with zero attached hydrogens (tertiary/aromatic N) is 1. The highest BCUT2D eigenvalue weighted by atomic mass is 32.2. The number of benzene rings is 2. The minimum atomic E-state index is -3.21. The smallest absolute Gasteiger partial charge is 0.157 e. The van der Waals surface area contributed by atoms with Crippen LogP contribution in [0.25, 0.3) is 0 Å². The summed E-state index contributed by atoms with van der Waals surface area (Å²) in [6, 6.07) is 17.7. The van der Waals surface area contributed by atoms with E-state index in [0.717, 1.165) is 5.56 Å². The predicted octanol–water partition coefficient (Wildman–Crippen LogP) is 2.55. The van der Waals surface area contributed by atoms with E-state index < -0.39 is 9.84 Å². The van der Waals surface area contributed by atoms with E-state index in [9.17, 15) is 8.42 Å². The fourth-order valence-corrected chi connectivity index (χ4v) is 3.02. The molecule has 0 unspecified atom stereocenters. The maximum atomic E-state index is 12.0. The number of sulfone groups is 1. The van der Waals surface area contributed by atoms with Crippen molar-refractivity contribution in [1.29, 1.82) is 5.26 Å². The molecule has 0 aliphatic carbocycles. The second kappa shape index (κ2) is 6.91. The van der Waals surface area contributed by atoms with Gasteiger partial charge < -0.3 is 4.74 Å². The molecule has 21 heavy (non-hydrogen) atoms. The van der Waals surface area contributed by atoms with E-state index >= 15 is 0 Å². The summed E-state index contributed by atoms with van der Waals surface area (Å²) < 4.78 is 29.4. The molecule has 0 aliphatic heterocycles. The van der Waals surface area contributed by atoms with Crippen molar-refractivity contribution in [2.45, 2.75) is 5.75 Å². The fourth-order valence-electron chi connectivity index (χ4n) is 1.84. The Kier molecular flexibility index (Phi) is 4.96. The molecule has 0 saturated heterocycles. The molecule has 0 N–H and O–H groups in total. The molecule has 4 nitrogen and oxygen atoms in total. The highest BCUT2D eigenvalue weighted by Crippen LogP contribution is 2.13. The molecular weight excluding hydrogens is 286 g/mol. The molecule has 0 amide bonds. The second-order valence-electron chi connectivity index (χ2n) is 4.57. The number of ether oxygens (including phenoxy) is 1. The van der Waals surface area contributed by atoms with E-state index in [1.807, 2.05) is 24.3 Å². The third kappa shape index (κ3) is 4.93. The molecule has 5 heteroatoms. The largest absolute Gasteiger partial charge is 0.492 e. The minimum absolute atomic E-state index is 0.00936. The van der Waals surface area contributed by atoms with Crippen molar-refractivity contribution in [3.8, 4) is 11.8 Å². The minimum Gasteiger partial charge on any atom is -0.492 e. The molecule has 0 atom stereocenters. The summed E-state index contributed by atoms with van der Waals surface area (Å²) in [5, 5.41) is 8.78. The van der Waals surface area contributed by atoms with Crippen molar-refractivity contribution in [2.75, 3.05) is 12.4 Å². The van der Waals surface area contributed by atoms with Crippen LogP contribution in [0.1, 0.15) is 11.1 Å². The summed E-state index contributed by atoms with van der Waals surface area (Å²) in [6.07, 6.45) is 0. The maximum absolute atomic E-state index is 12.0. The Bertz CT molecular complexity index is 734.